The smallest absolute Gasteiger partial charge is 0.178 e. The predicted molar refractivity (Wildman–Crippen MR) is 57.4 cm³/mol. The molecule has 0 radical (unpaired) electrons. The topological polar surface area (TPSA) is 54.4 Å². The Morgan fingerprint density at radius 2 is 2.06 bits per heavy atom. The Labute approximate surface area is 93.8 Å². The summed E-state index contributed by atoms with van der Waals surface area (Å²) in [5, 5.41) is 9.75. The van der Waals surface area contributed by atoms with Crippen molar-refractivity contribution in [1.82, 2.24) is 0 Å². The van der Waals surface area contributed by atoms with Gasteiger partial charge in [0.15, 0.2) is 9.84 Å². The maximum absolute atomic E-state index is 13.5. The minimum absolute atomic E-state index is 0.202. The van der Waals surface area contributed by atoms with Crippen LogP contribution >= 0.6 is 0 Å². The third kappa shape index (κ3) is 2.25. The first-order valence-electron chi connectivity index (χ1n) is 5.02. The van der Waals surface area contributed by atoms with Gasteiger partial charge in [0.25, 0.3) is 0 Å². The van der Waals surface area contributed by atoms with E-state index in [1.54, 1.807) is 6.07 Å². The van der Waals surface area contributed by atoms with Crippen molar-refractivity contribution < 1.29 is 17.9 Å². The molecule has 1 fully saturated rings. The summed E-state index contributed by atoms with van der Waals surface area (Å²) in [6, 6.07) is 4.14. The van der Waals surface area contributed by atoms with E-state index >= 15 is 0 Å². The van der Waals surface area contributed by atoms with Gasteiger partial charge < -0.3 is 5.11 Å². The second-order valence-corrected chi connectivity index (χ2v) is 6.35. The first kappa shape index (κ1) is 11.5. The van der Waals surface area contributed by atoms with E-state index in [0.717, 1.165) is 12.3 Å². The zero-order chi connectivity index (χ0) is 12.0. The lowest BCUT2D eigenvalue weighted by Crippen LogP contribution is -2.15. The zero-order valence-electron chi connectivity index (χ0n) is 8.90. The van der Waals surface area contributed by atoms with Crippen LogP contribution in [0.15, 0.2) is 23.1 Å². The van der Waals surface area contributed by atoms with Crippen LogP contribution in [0.3, 0.4) is 0 Å². The van der Waals surface area contributed by atoms with Crippen LogP contribution in [0.2, 0.25) is 0 Å². The molecule has 0 amide bonds. The molecule has 1 aromatic carbocycles. The van der Waals surface area contributed by atoms with Gasteiger partial charge in [0.1, 0.15) is 10.7 Å². The van der Waals surface area contributed by atoms with Crippen LogP contribution in [0.25, 0.3) is 0 Å². The van der Waals surface area contributed by atoms with Crippen molar-refractivity contribution in [2.24, 2.45) is 0 Å². The highest BCUT2D eigenvalue weighted by Gasteiger charge is 2.41. The third-order valence-electron chi connectivity index (χ3n) is 2.77. The molecule has 0 unspecified atom stereocenters. The molecule has 0 saturated heterocycles. The van der Waals surface area contributed by atoms with Crippen LogP contribution in [0, 0.1) is 5.82 Å². The van der Waals surface area contributed by atoms with Crippen molar-refractivity contribution in [2.75, 3.05) is 6.26 Å². The van der Waals surface area contributed by atoms with Crippen molar-refractivity contribution in [3.05, 3.63) is 29.6 Å². The van der Waals surface area contributed by atoms with Gasteiger partial charge >= 0.3 is 0 Å². The molecule has 1 aliphatic rings. The summed E-state index contributed by atoms with van der Waals surface area (Å²) < 4.78 is 36.4. The molecule has 88 valence electrons. The van der Waals surface area contributed by atoms with Crippen LogP contribution in [0.5, 0.6) is 0 Å². The van der Waals surface area contributed by atoms with E-state index in [2.05, 4.69) is 0 Å². The highest BCUT2D eigenvalue weighted by molar-refractivity contribution is 7.90. The molecule has 1 saturated carbocycles. The standard InChI is InChI=1S/C11H13FO3S/c1-16(14,15)10-8(3-2-4-9(10)12)7-11(13)5-6-11/h2-4,13H,5-7H2,1H3. The highest BCUT2D eigenvalue weighted by Crippen LogP contribution is 2.39. The Kier molecular flexibility index (Phi) is 2.55. The Morgan fingerprint density at radius 3 is 2.56 bits per heavy atom. The SMILES string of the molecule is CS(=O)(=O)c1c(F)cccc1CC1(O)CC1. The zero-order valence-corrected chi connectivity index (χ0v) is 9.72. The minimum Gasteiger partial charge on any atom is -0.390 e. The van der Waals surface area contributed by atoms with Crippen molar-refractivity contribution in [1.29, 1.82) is 0 Å². The summed E-state index contributed by atoms with van der Waals surface area (Å²) in [7, 11) is -3.59. The average Bonchev–Trinajstić information content (AvgIpc) is 2.80. The molecule has 0 spiro atoms. The number of sulfone groups is 1. The lowest BCUT2D eigenvalue weighted by Gasteiger charge is -2.12. The maximum atomic E-state index is 13.5. The van der Waals surface area contributed by atoms with Crippen molar-refractivity contribution in [3.8, 4) is 0 Å². The highest BCUT2D eigenvalue weighted by atomic mass is 32.2. The van der Waals surface area contributed by atoms with Crippen LogP contribution in [0.4, 0.5) is 4.39 Å². The van der Waals surface area contributed by atoms with Crippen LogP contribution in [0.1, 0.15) is 18.4 Å². The quantitative estimate of drug-likeness (QED) is 0.872. The number of halogens is 1. The Morgan fingerprint density at radius 1 is 1.44 bits per heavy atom. The summed E-state index contributed by atoms with van der Waals surface area (Å²) in [5.74, 6) is -0.746. The molecular weight excluding hydrogens is 231 g/mol. The second-order valence-electron chi connectivity index (χ2n) is 4.40. The normalized spacial score (nSPS) is 18.4. The molecule has 2 rings (SSSR count). The van der Waals surface area contributed by atoms with E-state index < -0.39 is 21.3 Å². The van der Waals surface area contributed by atoms with E-state index in [4.69, 9.17) is 0 Å². The number of aliphatic hydroxyl groups is 1. The first-order valence-corrected chi connectivity index (χ1v) is 6.91. The molecule has 16 heavy (non-hydrogen) atoms. The Hall–Kier alpha value is -0.940. The molecule has 1 N–H and O–H groups in total. The monoisotopic (exact) mass is 244 g/mol. The number of hydrogen-bond acceptors (Lipinski definition) is 3. The minimum atomic E-state index is -3.59. The summed E-state index contributed by atoms with van der Waals surface area (Å²) in [6.07, 6.45) is 2.47. The fraction of sp³-hybridized carbons (Fsp3) is 0.455. The molecule has 0 aromatic heterocycles. The third-order valence-corrected chi connectivity index (χ3v) is 3.96. The summed E-state index contributed by atoms with van der Waals surface area (Å²) in [5.41, 5.74) is -0.463. The van der Waals surface area contributed by atoms with E-state index in [9.17, 15) is 17.9 Å². The van der Waals surface area contributed by atoms with Gasteiger partial charge in [0.2, 0.25) is 0 Å². The second kappa shape index (κ2) is 3.53. The maximum Gasteiger partial charge on any atom is 0.178 e. The lowest BCUT2D eigenvalue weighted by atomic mass is 10.1. The average molecular weight is 244 g/mol. The van der Waals surface area contributed by atoms with E-state index in [0.29, 0.717) is 18.4 Å². The van der Waals surface area contributed by atoms with Gasteiger partial charge in [-0.15, -0.1) is 0 Å². The number of hydrogen-bond donors (Lipinski definition) is 1. The fourth-order valence-corrected chi connectivity index (χ4v) is 2.82. The Balaban J connectivity index is 2.48. The molecule has 0 aliphatic heterocycles. The van der Waals surface area contributed by atoms with E-state index in [1.807, 2.05) is 0 Å². The Bertz CT molecular complexity index is 518. The van der Waals surface area contributed by atoms with Gasteiger partial charge in [-0.3, -0.25) is 0 Å². The first-order chi connectivity index (χ1) is 7.32. The summed E-state index contributed by atoms with van der Waals surface area (Å²) in [4.78, 5) is -0.282. The number of benzene rings is 1. The van der Waals surface area contributed by atoms with Gasteiger partial charge in [-0.2, -0.15) is 0 Å². The molecule has 5 heteroatoms. The molecule has 0 bridgehead atoms. The summed E-state index contributed by atoms with van der Waals surface area (Å²) in [6.45, 7) is 0. The van der Waals surface area contributed by atoms with Crippen molar-refractivity contribution in [3.63, 3.8) is 0 Å². The fourth-order valence-electron chi connectivity index (χ4n) is 1.78. The van der Waals surface area contributed by atoms with Crippen molar-refractivity contribution >= 4 is 9.84 Å². The van der Waals surface area contributed by atoms with Crippen LogP contribution in [-0.2, 0) is 16.3 Å². The lowest BCUT2D eigenvalue weighted by molar-refractivity contribution is 0.150. The molecule has 1 aliphatic carbocycles. The number of rotatable bonds is 3. The van der Waals surface area contributed by atoms with Crippen LogP contribution < -0.4 is 0 Å². The van der Waals surface area contributed by atoms with Gasteiger partial charge in [-0.1, -0.05) is 12.1 Å². The van der Waals surface area contributed by atoms with Gasteiger partial charge in [-0.05, 0) is 24.5 Å². The molecule has 3 nitrogen and oxygen atoms in total. The van der Waals surface area contributed by atoms with Crippen LogP contribution in [-0.4, -0.2) is 25.4 Å². The predicted octanol–water partition coefficient (Wildman–Crippen LogP) is 1.30. The van der Waals surface area contributed by atoms with Gasteiger partial charge in [0, 0.05) is 12.7 Å². The summed E-state index contributed by atoms with van der Waals surface area (Å²) >= 11 is 0. The largest absolute Gasteiger partial charge is 0.390 e. The van der Waals surface area contributed by atoms with E-state index in [-0.39, 0.29) is 11.3 Å². The van der Waals surface area contributed by atoms with Gasteiger partial charge in [-0.25, -0.2) is 12.8 Å². The molecule has 1 aromatic rings. The van der Waals surface area contributed by atoms with Crippen molar-refractivity contribution in [2.45, 2.75) is 29.8 Å². The molecular formula is C11H13FO3S. The molecule has 0 atom stereocenters. The van der Waals surface area contributed by atoms with Gasteiger partial charge in [0.05, 0.1) is 5.60 Å². The molecule has 0 heterocycles. The van der Waals surface area contributed by atoms with E-state index in [1.165, 1.54) is 6.07 Å².